The highest BCUT2D eigenvalue weighted by molar-refractivity contribution is 5.75. The Hall–Kier alpha value is -2.25. The SMILES string of the molecule is CC(CNC(=O)N(C)CCC(=O)O)c1ccc(C(F)(F)F)cc1. The highest BCUT2D eigenvalue weighted by Gasteiger charge is 2.30. The lowest BCUT2D eigenvalue weighted by Gasteiger charge is -2.19. The van der Waals surface area contributed by atoms with Crippen LogP contribution in [0.15, 0.2) is 24.3 Å². The number of nitrogens with zero attached hydrogens (tertiary/aromatic N) is 1. The van der Waals surface area contributed by atoms with E-state index in [0.717, 1.165) is 12.1 Å². The van der Waals surface area contributed by atoms with Crippen LogP contribution in [0.3, 0.4) is 0 Å². The highest BCUT2D eigenvalue weighted by Crippen LogP contribution is 2.30. The van der Waals surface area contributed by atoms with Crippen LogP contribution in [0.4, 0.5) is 18.0 Å². The van der Waals surface area contributed by atoms with Crippen LogP contribution in [-0.4, -0.2) is 42.1 Å². The van der Waals surface area contributed by atoms with Crippen molar-refractivity contribution < 1.29 is 27.9 Å². The Morgan fingerprint density at radius 3 is 2.30 bits per heavy atom. The molecule has 5 nitrogen and oxygen atoms in total. The summed E-state index contributed by atoms with van der Waals surface area (Å²) in [4.78, 5) is 23.4. The fraction of sp³-hybridized carbons (Fsp3) is 0.467. The van der Waals surface area contributed by atoms with E-state index in [0.29, 0.717) is 5.56 Å². The molecule has 0 aliphatic heterocycles. The molecule has 0 bridgehead atoms. The van der Waals surface area contributed by atoms with Crippen LogP contribution in [0.25, 0.3) is 0 Å². The van der Waals surface area contributed by atoms with Gasteiger partial charge >= 0.3 is 18.2 Å². The Morgan fingerprint density at radius 2 is 1.83 bits per heavy atom. The summed E-state index contributed by atoms with van der Waals surface area (Å²) in [5.74, 6) is -1.17. The zero-order valence-electron chi connectivity index (χ0n) is 12.9. The van der Waals surface area contributed by atoms with Crippen molar-refractivity contribution in [3.05, 3.63) is 35.4 Å². The van der Waals surface area contributed by atoms with Crippen molar-refractivity contribution in [1.29, 1.82) is 0 Å². The van der Waals surface area contributed by atoms with Crippen molar-refractivity contribution in [3.63, 3.8) is 0 Å². The molecule has 1 aromatic carbocycles. The number of urea groups is 1. The molecule has 0 aliphatic rings. The van der Waals surface area contributed by atoms with Crippen LogP contribution in [0.2, 0.25) is 0 Å². The summed E-state index contributed by atoms with van der Waals surface area (Å²) in [6.45, 7) is 2.09. The Morgan fingerprint density at radius 1 is 1.26 bits per heavy atom. The van der Waals surface area contributed by atoms with Gasteiger partial charge in [0.25, 0.3) is 0 Å². The molecule has 0 aromatic heterocycles. The molecule has 0 saturated carbocycles. The van der Waals surface area contributed by atoms with E-state index in [9.17, 15) is 22.8 Å². The van der Waals surface area contributed by atoms with Crippen molar-refractivity contribution in [2.45, 2.75) is 25.4 Å². The second kappa shape index (κ2) is 7.85. The normalized spacial score (nSPS) is 12.6. The molecule has 0 saturated heterocycles. The minimum Gasteiger partial charge on any atom is -0.481 e. The number of hydrogen-bond donors (Lipinski definition) is 2. The summed E-state index contributed by atoms with van der Waals surface area (Å²) < 4.78 is 37.5. The molecule has 1 rings (SSSR count). The van der Waals surface area contributed by atoms with Gasteiger partial charge in [0, 0.05) is 20.1 Å². The number of carbonyl (C=O) groups is 2. The number of nitrogens with one attached hydrogen (secondary N) is 1. The Labute approximate surface area is 132 Å². The fourth-order valence-corrected chi connectivity index (χ4v) is 1.86. The Kier molecular flexibility index (Phi) is 6.41. The van der Waals surface area contributed by atoms with Gasteiger partial charge in [0.15, 0.2) is 0 Å². The monoisotopic (exact) mass is 332 g/mol. The van der Waals surface area contributed by atoms with E-state index in [1.807, 2.05) is 0 Å². The summed E-state index contributed by atoms with van der Waals surface area (Å²) >= 11 is 0. The molecule has 1 unspecified atom stereocenters. The summed E-state index contributed by atoms with van der Waals surface area (Å²) in [7, 11) is 1.47. The molecule has 0 radical (unpaired) electrons. The first-order chi connectivity index (χ1) is 10.6. The molecule has 1 atom stereocenters. The number of halogens is 3. The largest absolute Gasteiger partial charge is 0.481 e. The van der Waals surface area contributed by atoms with E-state index < -0.39 is 23.7 Å². The van der Waals surface area contributed by atoms with Crippen LogP contribution in [0.5, 0.6) is 0 Å². The topological polar surface area (TPSA) is 69.6 Å². The van der Waals surface area contributed by atoms with Gasteiger partial charge in [-0.2, -0.15) is 13.2 Å². The van der Waals surface area contributed by atoms with Crippen molar-refractivity contribution in [3.8, 4) is 0 Å². The maximum absolute atomic E-state index is 12.5. The first-order valence-corrected chi connectivity index (χ1v) is 6.99. The van der Waals surface area contributed by atoms with Crippen molar-refractivity contribution in [2.75, 3.05) is 20.1 Å². The third-order valence-electron chi connectivity index (χ3n) is 3.37. The maximum Gasteiger partial charge on any atom is 0.416 e. The highest BCUT2D eigenvalue weighted by atomic mass is 19.4. The van der Waals surface area contributed by atoms with E-state index >= 15 is 0 Å². The molecule has 0 aliphatic carbocycles. The van der Waals surface area contributed by atoms with E-state index in [4.69, 9.17) is 5.11 Å². The van der Waals surface area contributed by atoms with Gasteiger partial charge < -0.3 is 15.3 Å². The van der Waals surface area contributed by atoms with Gasteiger partial charge in [0.1, 0.15) is 0 Å². The average molecular weight is 332 g/mol. The van der Waals surface area contributed by atoms with Crippen LogP contribution in [0, 0.1) is 0 Å². The average Bonchev–Trinajstić information content (AvgIpc) is 2.49. The number of carboxylic acids is 1. The van der Waals surface area contributed by atoms with Gasteiger partial charge in [0.05, 0.1) is 12.0 Å². The molecule has 23 heavy (non-hydrogen) atoms. The third-order valence-corrected chi connectivity index (χ3v) is 3.37. The molecule has 0 fully saturated rings. The minimum atomic E-state index is -4.37. The number of alkyl halides is 3. The number of amides is 2. The molecule has 0 spiro atoms. The molecular weight excluding hydrogens is 313 g/mol. The van der Waals surface area contributed by atoms with Gasteiger partial charge in [-0.25, -0.2) is 4.79 Å². The lowest BCUT2D eigenvalue weighted by molar-refractivity contribution is -0.138. The van der Waals surface area contributed by atoms with E-state index in [2.05, 4.69) is 5.32 Å². The zero-order chi connectivity index (χ0) is 17.6. The standard InChI is InChI=1S/C15H19F3N2O3/c1-10(9-19-14(23)20(2)8-7-13(21)22)11-3-5-12(6-4-11)15(16,17)18/h3-6,10H,7-9H2,1-2H3,(H,19,23)(H,21,22). The summed E-state index contributed by atoms with van der Waals surface area (Å²) in [5.41, 5.74) is -0.0441. The molecule has 1 aromatic rings. The Balaban J connectivity index is 2.51. The van der Waals surface area contributed by atoms with E-state index in [1.54, 1.807) is 6.92 Å². The van der Waals surface area contributed by atoms with Crippen LogP contribution in [0.1, 0.15) is 30.4 Å². The predicted molar refractivity (Wildman–Crippen MR) is 78.1 cm³/mol. The molecule has 8 heteroatoms. The van der Waals surface area contributed by atoms with Gasteiger partial charge in [-0.05, 0) is 23.6 Å². The van der Waals surface area contributed by atoms with Crippen LogP contribution >= 0.6 is 0 Å². The maximum atomic E-state index is 12.5. The van der Waals surface area contributed by atoms with Gasteiger partial charge in [0.2, 0.25) is 0 Å². The third kappa shape index (κ3) is 6.17. The number of carboxylic acid groups (broad SMARTS) is 1. The smallest absolute Gasteiger partial charge is 0.416 e. The lowest BCUT2D eigenvalue weighted by atomic mass is 10.00. The molecule has 2 N–H and O–H groups in total. The minimum absolute atomic E-state index is 0.0792. The summed E-state index contributed by atoms with van der Waals surface area (Å²) in [6.07, 6.45) is -4.53. The Bertz CT molecular complexity index is 544. The molecular formula is C15H19F3N2O3. The number of benzene rings is 1. The summed E-state index contributed by atoms with van der Waals surface area (Å²) in [6, 6.07) is 4.35. The second-order valence-electron chi connectivity index (χ2n) is 5.27. The number of aliphatic carboxylic acids is 1. The number of carbonyl (C=O) groups excluding carboxylic acids is 1. The predicted octanol–water partition coefficient (Wildman–Crippen LogP) is 2.93. The van der Waals surface area contributed by atoms with E-state index in [1.165, 1.54) is 24.1 Å². The van der Waals surface area contributed by atoms with Crippen LogP contribution in [-0.2, 0) is 11.0 Å². The van der Waals surface area contributed by atoms with Crippen molar-refractivity contribution in [1.82, 2.24) is 10.2 Å². The second-order valence-corrected chi connectivity index (χ2v) is 5.27. The zero-order valence-corrected chi connectivity index (χ0v) is 12.9. The molecule has 128 valence electrons. The fourth-order valence-electron chi connectivity index (χ4n) is 1.86. The van der Waals surface area contributed by atoms with Crippen LogP contribution < -0.4 is 5.32 Å². The number of hydrogen-bond acceptors (Lipinski definition) is 2. The molecule has 2 amide bonds. The first-order valence-electron chi connectivity index (χ1n) is 6.99. The van der Waals surface area contributed by atoms with Gasteiger partial charge in [-0.3, -0.25) is 4.79 Å². The van der Waals surface area contributed by atoms with Crippen molar-refractivity contribution >= 4 is 12.0 Å². The van der Waals surface area contributed by atoms with E-state index in [-0.39, 0.29) is 25.4 Å². The quantitative estimate of drug-likeness (QED) is 0.841. The van der Waals surface area contributed by atoms with Gasteiger partial charge in [-0.15, -0.1) is 0 Å². The molecule has 0 heterocycles. The van der Waals surface area contributed by atoms with Gasteiger partial charge in [-0.1, -0.05) is 19.1 Å². The lowest BCUT2D eigenvalue weighted by Crippen LogP contribution is -2.39. The van der Waals surface area contributed by atoms with Crippen molar-refractivity contribution in [2.24, 2.45) is 0 Å². The first kappa shape index (κ1) is 18.8. The summed E-state index contributed by atoms with van der Waals surface area (Å²) in [5, 5.41) is 11.2. The number of rotatable bonds is 6.